The maximum atomic E-state index is 7.19. The van der Waals surface area contributed by atoms with Crippen LogP contribution in [0, 0.1) is 12.3 Å². The van der Waals surface area contributed by atoms with Gasteiger partial charge in [-0.2, -0.15) is 0 Å². The van der Waals surface area contributed by atoms with E-state index in [1.54, 1.807) is 0 Å². The van der Waals surface area contributed by atoms with E-state index in [1.807, 2.05) is 31.2 Å². The SMILES string of the molecule is COC(=N)COc1cccc(C)c1. The van der Waals surface area contributed by atoms with Gasteiger partial charge in [-0.15, -0.1) is 0 Å². The van der Waals surface area contributed by atoms with E-state index < -0.39 is 0 Å². The molecule has 0 aliphatic heterocycles. The van der Waals surface area contributed by atoms with Crippen LogP contribution in [0.15, 0.2) is 24.3 Å². The first kappa shape index (κ1) is 9.58. The van der Waals surface area contributed by atoms with E-state index in [2.05, 4.69) is 4.74 Å². The molecule has 3 heteroatoms. The van der Waals surface area contributed by atoms with Gasteiger partial charge in [0.1, 0.15) is 5.75 Å². The number of aryl methyl sites for hydroxylation is 1. The Kier molecular flexibility index (Phi) is 3.31. The molecule has 1 aromatic carbocycles. The molecule has 0 saturated carbocycles. The van der Waals surface area contributed by atoms with Crippen LogP contribution in [0.3, 0.4) is 0 Å². The zero-order valence-corrected chi connectivity index (χ0v) is 7.83. The second-order valence-electron chi connectivity index (χ2n) is 2.73. The third kappa shape index (κ3) is 3.15. The van der Waals surface area contributed by atoms with Gasteiger partial charge in [0.05, 0.1) is 7.11 Å². The molecular formula is C10H13NO2. The molecule has 0 aromatic heterocycles. The second-order valence-corrected chi connectivity index (χ2v) is 2.73. The molecule has 1 rings (SSSR count). The number of rotatable bonds is 3. The molecule has 0 aliphatic rings. The fourth-order valence-corrected chi connectivity index (χ4v) is 0.913. The van der Waals surface area contributed by atoms with Crippen LogP contribution >= 0.6 is 0 Å². The fourth-order valence-electron chi connectivity index (χ4n) is 0.913. The van der Waals surface area contributed by atoms with Crippen molar-refractivity contribution < 1.29 is 9.47 Å². The average Bonchev–Trinajstić information content (AvgIpc) is 2.14. The molecule has 3 nitrogen and oxygen atoms in total. The van der Waals surface area contributed by atoms with Gasteiger partial charge in [0.15, 0.2) is 6.61 Å². The summed E-state index contributed by atoms with van der Waals surface area (Å²) in [6.45, 7) is 2.18. The zero-order valence-electron chi connectivity index (χ0n) is 7.83. The molecule has 0 heterocycles. The van der Waals surface area contributed by atoms with E-state index in [0.717, 1.165) is 11.3 Å². The molecule has 1 N–H and O–H groups in total. The molecule has 0 saturated heterocycles. The Morgan fingerprint density at radius 1 is 1.46 bits per heavy atom. The van der Waals surface area contributed by atoms with Crippen molar-refractivity contribution >= 4 is 5.90 Å². The Morgan fingerprint density at radius 3 is 2.85 bits per heavy atom. The molecule has 0 aliphatic carbocycles. The van der Waals surface area contributed by atoms with Crippen LogP contribution in [-0.4, -0.2) is 19.6 Å². The van der Waals surface area contributed by atoms with Crippen molar-refractivity contribution in [1.82, 2.24) is 0 Å². The van der Waals surface area contributed by atoms with E-state index in [-0.39, 0.29) is 12.5 Å². The number of nitrogens with one attached hydrogen (secondary N) is 1. The molecular weight excluding hydrogens is 166 g/mol. The van der Waals surface area contributed by atoms with Gasteiger partial charge in [0.25, 0.3) is 0 Å². The molecule has 0 atom stereocenters. The number of methoxy groups -OCH3 is 1. The van der Waals surface area contributed by atoms with Crippen LogP contribution in [0.1, 0.15) is 5.56 Å². The molecule has 13 heavy (non-hydrogen) atoms. The molecule has 1 aromatic rings. The fraction of sp³-hybridized carbons (Fsp3) is 0.300. The molecule has 70 valence electrons. The van der Waals surface area contributed by atoms with Crippen molar-refractivity contribution in [3.8, 4) is 5.75 Å². The minimum Gasteiger partial charge on any atom is -0.484 e. The average molecular weight is 179 g/mol. The highest BCUT2D eigenvalue weighted by atomic mass is 16.5. The van der Waals surface area contributed by atoms with E-state index >= 15 is 0 Å². The monoisotopic (exact) mass is 179 g/mol. The van der Waals surface area contributed by atoms with Gasteiger partial charge in [-0.05, 0) is 24.6 Å². The first-order valence-corrected chi connectivity index (χ1v) is 4.03. The lowest BCUT2D eigenvalue weighted by atomic mass is 10.2. The molecule has 0 amide bonds. The van der Waals surface area contributed by atoms with E-state index in [4.69, 9.17) is 10.1 Å². The van der Waals surface area contributed by atoms with E-state index in [1.165, 1.54) is 7.11 Å². The van der Waals surface area contributed by atoms with Crippen LogP contribution in [0.5, 0.6) is 5.75 Å². The number of hydrogen-bond donors (Lipinski definition) is 1. The highest BCUT2D eigenvalue weighted by Crippen LogP contribution is 2.11. The summed E-state index contributed by atoms with van der Waals surface area (Å²) < 4.78 is 9.95. The van der Waals surface area contributed by atoms with Crippen molar-refractivity contribution in [3.63, 3.8) is 0 Å². The molecule has 0 bridgehead atoms. The maximum Gasteiger partial charge on any atom is 0.219 e. The maximum absolute atomic E-state index is 7.19. The second kappa shape index (κ2) is 4.50. The minimum atomic E-state index is 0.126. The third-order valence-electron chi connectivity index (χ3n) is 1.61. The first-order chi connectivity index (χ1) is 6.22. The van der Waals surface area contributed by atoms with Gasteiger partial charge >= 0.3 is 0 Å². The molecule has 0 radical (unpaired) electrons. The quantitative estimate of drug-likeness (QED) is 0.569. The largest absolute Gasteiger partial charge is 0.484 e. The molecule has 0 fully saturated rings. The first-order valence-electron chi connectivity index (χ1n) is 4.03. The van der Waals surface area contributed by atoms with Crippen molar-refractivity contribution in [2.75, 3.05) is 13.7 Å². The Labute approximate surface area is 77.8 Å². The van der Waals surface area contributed by atoms with Crippen LogP contribution in [0.25, 0.3) is 0 Å². The lowest BCUT2D eigenvalue weighted by Crippen LogP contribution is -2.11. The Balaban J connectivity index is 2.50. The lowest BCUT2D eigenvalue weighted by molar-refractivity contribution is 0.309. The zero-order chi connectivity index (χ0) is 9.68. The summed E-state index contributed by atoms with van der Waals surface area (Å²) >= 11 is 0. The van der Waals surface area contributed by atoms with E-state index in [9.17, 15) is 0 Å². The summed E-state index contributed by atoms with van der Waals surface area (Å²) in [6.07, 6.45) is 0. The summed E-state index contributed by atoms with van der Waals surface area (Å²) in [4.78, 5) is 0. The summed E-state index contributed by atoms with van der Waals surface area (Å²) in [5.41, 5.74) is 1.14. The number of ether oxygens (including phenoxy) is 2. The minimum absolute atomic E-state index is 0.126. The topological polar surface area (TPSA) is 42.3 Å². The molecule has 0 spiro atoms. The van der Waals surface area contributed by atoms with Gasteiger partial charge in [-0.3, -0.25) is 5.41 Å². The van der Waals surface area contributed by atoms with Crippen molar-refractivity contribution in [1.29, 1.82) is 5.41 Å². The van der Waals surface area contributed by atoms with Gasteiger partial charge in [0.2, 0.25) is 5.90 Å². The van der Waals surface area contributed by atoms with Gasteiger partial charge in [-0.1, -0.05) is 12.1 Å². The number of benzene rings is 1. The van der Waals surface area contributed by atoms with Crippen LogP contribution in [0.4, 0.5) is 0 Å². The van der Waals surface area contributed by atoms with Gasteiger partial charge in [-0.25, -0.2) is 0 Å². The lowest BCUT2D eigenvalue weighted by Gasteiger charge is -2.06. The Morgan fingerprint density at radius 2 is 2.23 bits per heavy atom. The predicted octanol–water partition coefficient (Wildman–Crippen LogP) is 2.00. The van der Waals surface area contributed by atoms with E-state index in [0.29, 0.717) is 0 Å². The summed E-state index contributed by atoms with van der Waals surface area (Å²) in [5, 5.41) is 7.19. The summed E-state index contributed by atoms with van der Waals surface area (Å²) in [7, 11) is 1.46. The highest BCUT2D eigenvalue weighted by molar-refractivity contribution is 5.73. The van der Waals surface area contributed by atoms with Crippen molar-refractivity contribution in [3.05, 3.63) is 29.8 Å². The standard InChI is InChI=1S/C10H13NO2/c1-8-4-3-5-9(6-8)13-7-10(11)12-2/h3-6,11H,7H2,1-2H3. The van der Waals surface area contributed by atoms with Crippen molar-refractivity contribution in [2.45, 2.75) is 6.92 Å². The van der Waals surface area contributed by atoms with Crippen LogP contribution < -0.4 is 4.74 Å². The number of hydrogen-bond acceptors (Lipinski definition) is 3. The van der Waals surface area contributed by atoms with Gasteiger partial charge in [0, 0.05) is 0 Å². The smallest absolute Gasteiger partial charge is 0.219 e. The predicted molar refractivity (Wildman–Crippen MR) is 51.4 cm³/mol. The Hall–Kier alpha value is -1.51. The van der Waals surface area contributed by atoms with Crippen LogP contribution in [-0.2, 0) is 4.74 Å². The third-order valence-corrected chi connectivity index (χ3v) is 1.61. The van der Waals surface area contributed by atoms with Crippen LogP contribution in [0.2, 0.25) is 0 Å². The van der Waals surface area contributed by atoms with Gasteiger partial charge < -0.3 is 9.47 Å². The van der Waals surface area contributed by atoms with Crippen molar-refractivity contribution in [2.24, 2.45) is 0 Å². The highest BCUT2D eigenvalue weighted by Gasteiger charge is 1.97. The normalized spacial score (nSPS) is 9.38. The summed E-state index contributed by atoms with van der Waals surface area (Å²) in [6, 6.07) is 7.69. The Bertz CT molecular complexity index is 297. The molecule has 0 unspecified atom stereocenters. The summed E-state index contributed by atoms with van der Waals surface area (Å²) in [5.74, 6) is 0.892.